The fourth-order valence-electron chi connectivity index (χ4n) is 3.30. The van der Waals surface area contributed by atoms with Gasteiger partial charge in [-0.25, -0.2) is 14.8 Å². The summed E-state index contributed by atoms with van der Waals surface area (Å²) in [5.74, 6) is 0.838. The van der Waals surface area contributed by atoms with Gasteiger partial charge in [-0.1, -0.05) is 12.1 Å². The van der Waals surface area contributed by atoms with Gasteiger partial charge >= 0.3 is 6.03 Å². The van der Waals surface area contributed by atoms with E-state index in [2.05, 4.69) is 32.8 Å². The number of nitrogens with zero attached hydrogens (tertiary/aromatic N) is 4. The van der Waals surface area contributed by atoms with Crippen molar-refractivity contribution in [1.82, 2.24) is 20.1 Å². The number of aryl methyl sites for hydroxylation is 1. The number of amides is 2. The first-order chi connectivity index (χ1) is 14.0. The average Bonchev–Trinajstić information content (AvgIpc) is 3.37. The zero-order chi connectivity index (χ0) is 20.6. The standard InChI is InChI=1S/C21H30N6OS.HI/c1-4-22-20(26(3)14-19-15-29-16(2)24-19)23-13-17-8-7-9-18(12-17)25-21(28)27-10-5-6-11-27;/h7-9,12,15H,4-6,10-11,13-14H2,1-3H3,(H,22,23)(H,25,28);1H. The van der Waals surface area contributed by atoms with E-state index in [1.54, 1.807) is 11.3 Å². The molecule has 2 N–H and O–H groups in total. The SMILES string of the molecule is CCNC(=NCc1cccc(NC(=O)N2CCCC2)c1)N(C)Cc1csc(C)n1.I. The number of aromatic nitrogens is 1. The van der Waals surface area contributed by atoms with Crippen LogP contribution in [0.4, 0.5) is 10.5 Å². The summed E-state index contributed by atoms with van der Waals surface area (Å²) in [6.07, 6.45) is 2.17. The maximum absolute atomic E-state index is 12.3. The lowest BCUT2D eigenvalue weighted by Crippen LogP contribution is -2.38. The van der Waals surface area contributed by atoms with Crippen LogP contribution in [0.3, 0.4) is 0 Å². The van der Waals surface area contributed by atoms with Crippen LogP contribution in [-0.2, 0) is 13.1 Å². The Hall–Kier alpha value is -1.88. The number of anilines is 1. The lowest BCUT2D eigenvalue weighted by molar-refractivity contribution is 0.222. The molecule has 0 saturated carbocycles. The van der Waals surface area contributed by atoms with Crippen molar-refractivity contribution in [2.45, 2.75) is 39.8 Å². The Morgan fingerprint density at radius 2 is 2.10 bits per heavy atom. The Morgan fingerprint density at radius 1 is 1.33 bits per heavy atom. The van der Waals surface area contributed by atoms with Gasteiger partial charge in [-0.2, -0.15) is 0 Å². The lowest BCUT2D eigenvalue weighted by Gasteiger charge is -2.21. The molecule has 1 aliphatic rings. The first kappa shape index (κ1) is 24.4. The number of halogens is 1. The second kappa shape index (κ2) is 12.1. The molecule has 164 valence electrons. The fraction of sp³-hybridized carbons (Fsp3) is 0.476. The van der Waals surface area contributed by atoms with Gasteiger partial charge in [0.05, 0.1) is 23.8 Å². The Balaban J connectivity index is 0.00000320. The number of carbonyl (C=O) groups is 1. The number of aliphatic imine (C=N–C) groups is 1. The van der Waals surface area contributed by atoms with Crippen LogP contribution in [0.5, 0.6) is 0 Å². The second-order valence-corrected chi connectivity index (χ2v) is 8.27. The molecule has 1 aliphatic heterocycles. The number of urea groups is 1. The van der Waals surface area contributed by atoms with E-state index < -0.39 is 0 Å². The summed E-state index contributed by atoms with van der Waals surface area (Å²) in [6, 6.07) is 7.88. The molecule has 0 bridgehead atoms. The highest BCUT2D eigenvalue weighted by molar-refractivity contribution is 14.0. The molecule has 7 nitrogen and oxygen atoms in total. The molecule has 3 rings (SSSR count). The number of hydrogen-bond acceptors (Lipinski definition) is 4. The fourth-order valence-corrected chi connectivity index (χ4v) is 3.91. The van der Waals surface area contributed by atoms with E-state index in [0.717, 1.165) is 60.4 Å². The van der Waals surface area contributed by atoms with Crippen molar-refractivity contribution in [3.63, 3.8) is 0 Å². The number of thiazole rings is 1. The third-order valence-electron chi connectivity index (χ3n) is 4.75. The summed E-state index contributed by atoms with van der Waals surface area (Å²) in [5.41, 5.74) is 2.91. The normalized spacial score (nSPS) is 13.7. The van der Waals surface area contributed by atoms with Crippen molar-refractivity contribution < 1.29 is 4.79 Å². The van der Waals surface area contributed by atoms with Crippen molar-refractivity contribution >= 4 is 53.0 Å². The zero-order valence-corrected chi connectivity index (χ0v) is 21.0. The summed E-state index contributed by atoms with van der Waals surface area (Å²) in [5, 5.41) is 9.50. The van der Waals surface area contributed by atoms with Crippen LogP contribution in [0.2, 0.25) is 0 Å². The lowest BCUT2D eigenvalue weighted by atomic mass is 10.2. The van der Waals surface area contributed by atoms with Crippen molar-refractivity contribution in [2.24, 2.45) is 4.99 Å². The minimum Gasteiger partial charge on any atom is -0.357 e. The van der Waals surface area contributed by atoms with Crippen LogP contribution in [0.15, 0.2) is 34.6 Å². The number of rotatable bonds is 6. The molecular weight excluding hydrogens is 511 g/mol. The van der Waals surface area contributed by atoms with Gasteiger partial charge in [-0.15, -0.1) is 35.3 Å². The number of carbonyl (C=O) groups excluding carboxylic acids is 1. The van der Waals surface area contributed by atoms with Gasteiger partial charge in [0.1, 0.15) is 0 Å². The molecule has 0 unspecified atom stereocenters. The highest BCUT2D eigenvalue weighted by Gasteiger charge is 2.17. The van der Waals surface area contributed by atoms with Crippen LogP contribution in [-0.4, -0.2) is 53.5 Å². The molecule has 30 heavy (non-hydrogen) atoms. The Morgan fingerprint density at radius 3 is 2.77 bits per heavy atom. The Bertz CT molecular complexity index is 850. The van der Waals surface area contributed by atoms with E-state index in [1.165, 1.54) is 0 Å². The van der Waals surface area contributed by atoms with E-state index >= 15 is 0 Å². The van der Waals surface area contributed by atoms with E-state index in [-0.39, 0.29) is 30.0 Å². The third-order valence-corrected chi connectivity index (χ3v) is 5.57. The molecule has 2 heterocycles. The Kier molecular flexibility index (Phi) is 9.83. The predicted octanol–water partition coefficient (Wildman–Crippen LogP) is 4.29. The number of hydrogen-bond donors (Lipinski definition) is 2. The zero-order valence-electron chi connectivity index (χ0n) is 17.9. The highest BCUT2D eigenvalue weighted by atomic mass is 127. The first-order valence-electron chi connectivity index (χ1n) is 10.1. The largest absolute Gasteiger partial charge is 0.357 e. The summed E-state index contributed by atoms with van der Waals surface area (Å²) in [6.45, 7) is 7.80. The molecule has 0 atom stereocenters. The molecule has 2 amide bonds. The summed E-state index contributed by atoms with van der Waals surface area (Å²) in [7, 11) is 2.02. The molecular formula is C21H31IN6OS. The van der Waals surface area contributed by atoms with E-state index in [4.69, 9.17) is 4.99 Å². The van der Waals surface area contributed by atoms with E-state index in [1.807, 2.05) is 43.1 Å². The van der Waals surface area contributed by atoms with Crippen LogP contribution in [0.25, 0.3) is 0 Å². The first-order valence-corrected chi connectivity index (χ1v) is 11.0. The smallest absolute Gasteiger partial charge is 0.321 e. The summed E-state index contributed by atoms with van der Waals surface area (Å²) < 4.78 is 0. The number of benzene rings is 1. The molecule has 1 fully saturated rings. The minimum atomic E-state index is -0.0187. The number of nitrogens with one attached hydrogen (secondary N) is 2. The minimum absolute atomic E-state index is 0. The molecule has 1 aromatic heterocycles. The molecule has 9 heteroatoms. The molecule has 0 spiro atoms. The van der Waals surface area contributed by atoms with Crippen molar-refractivity contribution in [2.75, 3.05) is 32.0 Å². The van der Waals surface area contributed by atoms with E-state index in [0.29, 0.717) is 13.1 Å². The topological polar surface area (TPSA) is 72.9 Å². The molecule has 0 aliphatic carbocycles. The summed E-state index contributed by atoms with van der Waals surface area (Å²) >= 11 is 1.66. The van der Waals surface area contributed by atoms with Gasteiger partial charge in [-0.3, -0.25) is 0 Å². The molecule has 1 aromatic carbocycles. The van der Waals surface area contributed by atoms with Gasteiger partial charge in [0, 0.05) is 37.7 Å². The van der Waals surface area contributed by atoms with Gasteiger partial charge in [0.15, 0.2) is 5.96 Å². The predicted molar refractivity (Wildman–Crippen MR) is 135 cm³/mol. The highest BCUT2D eigenvalue weighted by Crippen LogP contribution is 2.15. The van der Waals surface area contributed by atoms with Gasteiger partial charge in [0.25, 0.3) is 0 Å². The van der Waals surface area contributed by atoms with E-state index in [9.17, 15) is 4.79 Å². The average molecular weight is 542 g/mol. The van der Waals surface area contributed by atoms with Gasteiger partial charge < -0.3 is 20.4 Å². The molecule has 0 radical (unpaired) electrons. The van der Waals surface area contributed by atoms with Crippen LogP contribution in [0, 0.1) is 6.92 Å². The summed E-state index contributed by atoms with van der Waals surface area (Å²) in [4.78, 5) is 25.6. The molecule has 2 aromatic rings. The monoisotopic (exact) mass is 542 g/mol. The quantitative estimate of drug-likeness (QED) is 0.325. The van der Waals surface area contributed by atoms with Crippen molar-refractivity contribution in [3.8, 4) is 0 Å². The number of likely N-dealkylation sites (tertiary alicyclic amines) is 1. The second-order valence-electron chi connectivity index (χ2n) is 7.21. The van der Waals surface area contributed by atoms with Crippen molar-refractivity contribution in [1.29, 1.82) is 0 Å². The van der Waals surface area contributed by atoms with Gasteiger partial charge in [0.2, 0.25) is 0 Å². The van der Waals surface area contributed by atoms with Crippen LogP contribution in [0.1, 0.15) is 36.0 Å². The number of guanidine groups is 1. The van der Waals surface area contributed by atoms with Gasteiger partial charge in [-0.05, 0) is 44.4 Å². The maximum atomic E-state index is 12.3. The van der Waals surface area contributed by atoms with Crippen molar-refractivity contribution in [3.05, 3.63) is 45.9 Å². The third kappa shape index (κ3) is 7.12. The maximum Gasteiger partial charge on any atom is 0.321 e. The molecule has 1 saturated heterocycles. The Labute approximate surface area is 200 Å². The van der Waals surface area contributed by atoms with Crippen LogP contribution < -0.4 is 10.6 Å². The van der Waals surface area contributed by atoms with Crippen LogP contribution >= 0.6 is 35.3 Å².